The molecule has 0 saturated carbocycles. The van der Waals surface area contributed by atoms with Crippen LogP contribution in [0.3, 0.4) is 0 Å². The largest absolute Gasteiger partial charge is 0.371 e. The fraction of sp³-hybridized carbons (Fsp3) is 0.538. The van der Waals surface area contributed by atoms with Crippen molar-refractivity contribution in [2.45, 2.75) is 12.7 Å². The number of para-hydroxylation sites is 1. The van der Waals surface area contributed by atoms with Crippen LogP contribution < -0.4 is 4.90 Å². The molecule has 3 nitrogen and oxygen atoms in total. The van der Waals surface area contributed by atoms with E-state index in [0.717, 1.165) is 19.5 Å². The predicted molar refractivity (Wildman–Crippen MR) is 64.6 cm³/mol. The van der Waals surface area contributed by atoms with Gasteiger partial charge in [-0.05, 0) is 18.6 Å². The Morgan fingerprint density at radius 2 is 1.88 bits per heavy atom. The SMILES string of the molecule is COC(OC)C1CCN(c2ccccc2)C1. The van der Waals surface area contributed by atoms with Crippen molar-refractivity contribution in [2.75, 3.05) is 32.2 Å². The average molecular weight is 221 g/mol. The number of hydrogen-bond acceptors (Lipinski definition) is 3. The van der Waals surface area contributed by atoms with Gasteiger partial charge >= 0.3 is 0 Å². The molecule has 0 amide bonds. The van der Waals surface area contributed by atoms with Crippen LogP contribution in [0.25, 0.3) is 0 Å². The van der Waals surface area contributed by atoms with E-state index in [0.29, 0.717) is 5.92 Å². The summed E-state index contributed by atoms with van der Waals surface area (Å²) in [4.78, 5) is 2.38. The van der Waals surface area contributed by atoms with E-state index in [1.807, 2.05) is 6.07 Å². The smallest absolute Gasteiger partial charge is 0.161 e. The van der Waals surface area contributed by atoms with Gasteiger partial charge in [0.25, 0.3) is 0 Å². The number of hydrogen-bond donors (Lipinski definition) is 0. The summed E-state index contributed by atoms with van der Waals surface area (Å²) in [5, 5.41) is 0. The van der Waals surface area contributed by atoms with E-state index in [-0.39, 0.29) is 6.29 Å². The minimum atomic E-state index is -0.0753. The summed E-state index contributed by atoms with van der Waals surface area (Å²) >= 11 is 0. The number of anilines is 1. The third kappa shape index (κ3) is 2.36. The first-order valence-electron chi connectivity index (χ1n) is 5.70. The lowest BCUT2D eigenvalue weighted by atomic mass is 10.1. The Kier molecular flexibility index (Phi) is 3.80. The predicted octanol–water partition coefficient (Wildman–Crippen LogP) is 2.13. The van der Waals surface area contributed by atoms with E-state index in [2.05, 4.69) is 29.2 Å². The molecule has 1 heterocycles. The molecular weight excluding hydrogens is 202 g/mol. The molecule has 0 aromatic heterocycles. The second kappa shape index (κ2) is 5.32. The zero-order valence-corrected chi connectivity index (χ0v) is 9.93. The molecule has 1 atom stereocenters. The van der Waals surface area contributed by atoms with Crippen molar-refractivity contribution in [2.24, 2.45) is 5.92 Å². The van der Waals surface area contributed by atoms with Crippen LogP contribution in [0.2, 0.25) is 0 Å². The molecule has 1 aliphatic heterocycles. The Bertz CT molecular complexity index is 311. The maximum atomic E-state index is 5.32. The highest BCUT2D eigenvalue weighted by Crippen LogP contribution is 2.26. The number of rotatable bonds is 4. The molecule has 1 aromatic rings. The van der Waals surface area contributed by atoms with E-state index >= 15 is 0 Å². The van der Waals surface area contributed by atoms with E-state index < -0.39 is 0 Å². The first-order chi connectivity index (χ1) is 7.85. The fourth-order valence-electron chi connectivity index (χ4n) is 2.36. The molecule has 2 rings (SSSR count). The lowest BCUT2D eigenvalue weighted by Crippen LogP contribution is -2.28. The van der Waals surface area contributed by atoms with Gasteiger partial charge in [0, 0.05) is 38.9 Å². The molecule has 16 heavy (non-hydrogen) atoms. The number of nitrogens with zero attached hydrogens (tertiary/aromatic N) is 1. The Hall–Kier alpha value is -1.06. The minimum Gasteiger partial charge on any atom is -0.371 e. The van der Waals surface area contributed by atoms with Crippen molar-refractivity contribution < 1.29 is 9.47 Å². The van der Waals surface area contributed by atoms with Crippen LogP contribution in [0.1, 0.15) is 6.42 Å². The van der Waals surface area contributed by atoms with E-state index in [4.69, 9.17) is 9.47 Å². The van der Waals surface area contributed by atoms with Crippen LogP contribution in [0.4, 0.5) is 5.69 Å². The molecule has 0 N–H and O–H groups in total. The van der Waals surface area contributed by atoms with Crippen molar-refractivity contribution in [3.8, 4) is 0 Å². The lowest BCUT2D eigenvalue weighted by Gasteiger charge is -2.22. The Morgan fingerprint density at radius 3 is 2.50 bits per heavy atom. The van der Waals surface area contributed by atoms with Crippen LogP contribution in [0, 0.1) is 5.92 Å². The van der Waals surface area contributed by atoms with Gasteiger partial charge in [-0.2, -0.15) is 0 Å². The van der Waals surface area contributed by atoms with Gasteiger partial charge in [-0.15, -0.1) is 0 Å². The number of benzene rings is 1. The normalized spacial score (nSPS) is 20.7. The molecule has 88 valence electrons. The first-order valence-corrected chi connectivity index (χ1v) is 5.70. The summed E-state index contributed by atoms with van der Waals surface area (Å²) < 4.78 is 10.6. The average Bonchev–Trinajstić information content (AvgIpc) is 2.81. The summed E-state index contributed by atoms with van der Waals surface area (Å²) in [5.74, 6) is 0.468. The van der Waals surface area contributed by atoms with E-state index in [1.165, 1.54) is 5.69 Å². The van der Waals surface area contributed by atoms with Crippen molar-refractivity contribution in [1.82, 2.24) is 0 Å². The third-order valence-electron chi connectivity index (χ3n) is 3.20. The molecule has 1 unspecified atom stereocenters. The molecule has 1 aromatic carbocycles. The molecule has 0 aliphatic carbocycles. The monoisotopic (exact) mass is 221 g/mol. The van der Waals surface area contributed by atoms with Crippen LogP contribution in [0.15, 0.2) is 30.3 Å². The Balaban J connectivity index is 1.98. The van der Waals surface area contributed by atoms with Crippen LogP contribution in [-0.2, 0) is 9.47 Å². The van der Waals surface area contributed by atoms with Gasteiger partial charge in [0.15, 0.2) is 6.29 Å². The van der Waals surface area contributed by atoms with Gasteiger partial charge in [-0.25, -0.2) is 0 Å². The molecule has 3 heteroatoms. The number of methoxy groups -OCH3 is 2. The lowest BCUT2D eigenvalue weighted by molar-refractivity contribution is -0.132. The highest BCUT2D eigenvalue weighted by molar-refractivity contribution is 5.46. The van der Waals surface area contributed by atoms with Crippen LogP contribution in [-0.4, -0.2) is 33.6 Å². The van der Waals surface area contributed by atoms with E-state index in [9.17, 15) is 0 Å². The molecule has 1 aliphatic rings. The summed E-state index contributed by atoms with van der Waals surface area (Å²) in [5.41, 5.74) is 1.29. The van der Waals surface area contributed by atoms with Crippen LogP contribution in [0.5, 0.6) is 0 Å². The van der Waals surface area contributed by atoms with Gasteiger partial charge < -0.3 is 14.4 Å². The highest BCUT2D eigenvalue weighted by Gasteiger charge is 2.29. The molecule has 0 spiro atoms. The maximum Gasteiger partial charge on any atom is 0.161 e. The topological polar surface area (TPSA) is 21.7 Å². The van der Waals surface area contributed by atoms with Gasteiger partial charge in [-0.3, -0.25) is 0 Å². The minimum absolute atomic E-state index is 0.0753. The summed E-state index contributed by atoms with van der Waals surface area (Å²) in [7, 11) is 3.42. The molecule has 0 bridgehead atoms. The van der Waals surface area contributed by atoms with Gasteiger partial charge in [0.05, 0.1) is 0 Å². The van der Waals surface area contributed by atoms with Gasteiger partial charge in [0.2, 0.25) is 0 Å². The Labute approximate surface area is 97.0 Å². The standard InChI is InChI=1S/C13H19NO2/c1-15-13(16-2)11-8-9-14(10-11)12-6-4-3-5-7-12/h3-7,11,13H,8-10H2,1-2H3. The summed E-state index contributed by atoms with van der Waals surface area (Å²) in [6, 6.07) is 10.5. The van der Waals surface area contributed by atoms with Crippen molar-refractivity contribution >= 4 is 5.69 Å². The van der Waals surface area contributed by atoms with Crippen molar-refractivity contribution in [3.63, 3.8) is 0 Å². The summed E-state index contributed by atoms with van der Waals surface area (Å²) in [6.45, 7) is 2.09. The molecule has 1 saturated heterocycles. The zero-order valence-electron chi connectivity index (χ0n) is 9.93. The van der Waals surface area contributed by atoms with Crippen LogP contribution >= 0.6 is 0 Å². The maximum absolute atomic E-state index is 5.32. The van der Waals surface area contributed by atoms with Crippen molar-refractivity contribution in [1.29, 1.82) is 0 Å². The summed E-state index contributed by atoms with van der Waals surface area (Å²) in [6.07, 6.45) is 1.05. The van der Waals surface area contributed by atoms with Gasteiger partial charge in [0.1, 0.15) is 0 Å². The molecular formula is C13H19NO2. The highest BCUT2D eigenvalue weighted by atomic mass is 16.7. The third-order valence-corrected chi connectivity index (χ3v) is 3.20. The quantitative estimate of drug-likeness (QED) is 0.727. The van der Waals surface area contributed by atoms with Gasteiger partial charge in [-0.1, -0.05) is 18.2 Å². The van der Waals surface area contributed by atoms with Crippen molar-refractivity contribution in [3.05, 3.63) is 30.3 Å². The second-order valence-electron chi connectivity index (χ2n) is 4.17. The second-order valence-corrected chi connectivity index (χ2v) is 4.17. The fourth-order valence-corrected chi connectivity index (χ4v) is 2.36. The molecule has 0 radical (unpaired) electrons. The number of ether oxygens (including phenoxy) is 2. The first kappa shape index (κ1) is 11.4. The zero-order chi connectivity index (χ0) is 11.4. The van der Waals surface area contributed by atoms with E-state index in [1.54, 1.807) is 14.2 Å². The Morgan fingerprint density at radius 1 is 1.19 bits per heavy atom. The molecule has 1 fully saturated rings.